The molecule has 1 aromatic carbocycles. The molecule has 0 aliphatic heterocycles. The van der Waals surface area contributed by atoms with E-state index in [0.717, 1.165) is 5.56 Å². The SMILES string of the molecule is C[C@@H](NC(=O)CCC(=O)N[C@@H](CC#C[Si](C)(C)C(C)(C)C)C(N)=O)c1ccccc1. The van der Waals surface area contributed by atoms with Crippen molar-refractivity contribution in [1.29, 1.82) is 0 Å². The predicted molar refractivity (Wildman–Crippen MR) is 123 cm³/mol. The highest BCUT2D eigenvalue weighted by Crippen LogP contribution is 2.35. The Morgan fingerprint density at radius 1 is 1.03 bits per heavy atom. The molecule has 3 amide bonds. The van der Waals surface area contributed by atoms with Crippen molar-refractivity contribution in [2.24, 2.45) is 5.73 Å². The number of nitrogens with one attached hydrogen (secondary N) is 2. The van der Waals surface area contributed by atoms with Crippen molar-refractivity contribution in [3.8, 4) is 11.5 Å². The fourth-order valence-corrected chi connectivity index (χ4v) is 3.34. The van der Waals surface area contributed by atoms with E-state index in [1.807, 2.05) is 37.3 Å². The van der Waals surface area contributed by atoms with Crippen molar-refractivity contribution in [2.75, 3.05) is 0 Å². The van der Waals surface area contributed by atoms with E-state index in [0.29, 0.717) is 0 Å². The molecule has 30 heavy (non-hydrogen) atoms. The maximum atomic E-state index is 12.2. The summed E-state index contributed by atoms with van der Waals surface area (Å²) >= 11 is 0. The summed E-state index contributed by atoms with van der Waals surface area (Å²) in [5, 5.41) is 5.57. The van der Waals surface area contributed by atoms with Crippen LogP contribution in [-0.4, -0.2) is 31.8 Å². The normalized spacial score (nSPS) is 13.4. The smallest absolute Gasteiger partial charge is 0.240 e. The Morgan fingerprint density at radius 3 is 2.07 bits per heavy atom. The van der Waals surface area contributed by atoms with Crippen LogP contribution in [0.1, 0.15) is 58.6 Å². The molecule has 2 atom stereocenters. The van der Waals surface area contributed by atoms with Gasteiger partial charge >= 0.3 is 0 Å². The van der Waals surface area contributed by atoms with E-state index >= 15 is 0 Å². The lowest BCUT2D eigenvalue weighted by molar-refractivity contribution is -0.129. The molecule has 6 nitrogen and oxygen atoms in total. The average Bonchev–Trinajstić information content (AvgIpc) is 2.65. The minimum Gasteiger partial charge on any atom is -0.368 e. The van der Waals surface area contributed by atoms with Crippen molar-refractivity contribution in [3.63, 3.8) is 0 Å². The monoisotopic (exact) mass is 429 g/mol. The van der Waals surface area contributed by atoms with Gasteiger partial charge in [-0.3, -0.25) is 14.4 Å². The highest BCUT2D eigenvalue weighted by molar-refractivity contribution is 6.87. The van der Waals surface area contributed by atoms with E-state index in [1.165, 1.54) is 0 Å². The Hall–Kier alpha value is -2.59. The Labute approximate surface area is 181 Å². The maximum Gasteiger partial charge on any atom is 0.240 e. The molecule has 1 rings (SSSR count). The van der Waals surface area contributed by atoms with Gasteiger partial charge in [-0.25, -0.2) is 0 Å². The van der Waals surface area contributed by atoms with Crippen LogP contribution in [0.15, 0.2) is 30.3 Å². The van der Waals surface area contributed by atoms with E-state index in [-0.39, 0.29) is 36.2 Å². The molecular formula is C23H35N3O3Si. The fraction of sp³-hybridized carbons (Fsp3) is 0.522. The van der Waals surface area contributed by atoms with Gasteiger partial charge in [-0.15, -0.1) is 11.5 Å². The number of hydrogen-bond donors (Lipinski definition) is 3. The number of rotatable bonds is 8. The number of benzene rings is 1. The van der Waals surface area contributed by atoms with Gasteiger partial charge in [0.05, 0.1) is 6.04 Å². The summed E-state index contributed by atoms with van der Waals surface area (Å²) in [6.07, 6.45) is 0.182. The maximum absolute atomic E-state index is 12.2. The molecule has 0 bridgehead atoms. The molecule has 0 fully saturated rings. The first-order chi connectivity index (χ1) is 13.8. The van der Waals surface area contributed by atoms with Gasteiger partial charge in [-0.05, 0) is 17.5 Å². The summed E-state index contributed by atoms with van der Waals surface area (Å²) in [5.74, 6) is 1.80. The van der Waals surface area contributed by atoms with Crippen LogP contribution in [0.3, 0.4) is 0 Å². The number of hydrogen-bond acceptors (Lipinski definition) is 3. The number of nitrogens with two attached hydrogens (primary N) is 1. The molecule has 0 saturated carbocycles. The standard InChI is InChI=1S/C23H35N3O3Si/c1-17(18-11-8-7-9-12-18)25-20(27)14-15-21(28)26-19(22(24)29)13-10-16-30(5,6)23(2,3)4/h7-9,11-12,17,19H,13-15H2,1-6H3,(H2,24,29)(H,25,27)(H,26,28)/t17-,19+/m1/s1. The van der Waals surface area contributed by atoms with Gasteiger partial charge in [0.25, 0.3) is 0 Å². The van der Waals surface area contributed by atoms with E-state index in [9.17, 15) is 14.4 Å². The topological polar surface area (TPSA) is 101 Å². The van der Waals surface area contributed by atoms with Gasteiger partial charge in [0, 0.05) is 19.3 Å². The summed E-state index contributed by atoms with van der Waals surface area (Å²) in [4.78, 5) is 36.0. The largest absolute Gasteiger partial charge is 0.368 e. The fourth-order valence-electron chi connectivity index (χ4n) is 2.42. The minimum atomic E-state index is -1.80. The van der Waals surface area contributed by atoms with Gasteiger partial charge in [0.2, 0.25) is 17.7 Å². The molecule has 0 unspecified atom stereocenters. The van der Waals surface area contributed by atoms with Gasteiger partial charge in [-0.2, -0.15) is 0 Å². The van der Waals surface area contributed by atoms with E-state index in [2.05, 4.69) is 56.0 Å². The van der Waals surface area contributed by atoms with Crippen LogP contribution >= 0.6 is 0 Å². The van der Waals surface area contributed by atoms with Crippen molar-refractivity contribution in [2.45, 2.75) is 77.2 Å². The molecule has 0 radical (unpaired) electrons. The lowest BCUT2D eigenvalue weighted by Gasteiger charge is -2.31. The summed E-state index contributed by atoms with van der Waals surface area (Å²) in [7, 11) is -1.80. The predicted octanol–water partition coefficient (Wildman–Crippen LogP) is 3.06. The molecule has 0 heterocycles. The second-order valence-electron chi connectivity index (χ2n) is 9.10. The van der Waals surface area contributed by atoms with Crippen molar-refractivity contribution >= 4 is 25.8 Å². The molecule has 0 saturated heterocycles. The summed E-state index contributed by atoms with van der Waals surface area (Å²) in [6.45, 7) is 12.7. The quantitative estimate of drug-likeness (QED) is 0.437. The number of amides is 3. The minimum absolute atomic E-state index is 0.0210. The lowest BCUT2D eigenvalue weighted by Crippen LogP contribution is -2.44. The van der Waals surface area contributed by atoms with E-state index in [1.54, 1.807) is 0 Å². The van der Waals surface area contributed by atoms with Gasteiger partial charge in [-0.1, -0.05) is 64.2 Å². The highest BCUT2D eigenvalue weighted by atomic mass is 28.3. The molecule has 0 aliphatic carbocycles. The zero-order chi connectivity index (χ0) is 22.9. The van der Waals surface area contributed by atoms with Crippen LogP contribution in [0.4, 0.5) is 0 Å². The Bertz CT molecular complexity index is 804. The van der Waals surface area contributed by atoms with Crippen LogP contribution < -0.4 is 16.4 Å². The zero-order valence-electron chi connectivity index (χ0n) is 19.0. The molecule has 0 aromatic heterocycles. The van der Waals surface area contributed by atoms with E-state index < -0.39 is 25.9 Å². The second-order valence-corrected chi connectivity index (χ2v) is 14.1. The molecule has 0 aliphatic rings. The number of carbonyl (C=O) groups excluding carboxylic acids is 3. The summed E-state index contributed by atoms with van der Waals surface area (Å²) in [5.41, 5.74) is 9.72. The first-order valence-corrected chi connectivity index (χ1v) is 13.3. The second kappa shape index (κ2) is 11.0. The van der Waals surface area contributed by atoms with Crippen LogP contribution in [0.5, 0.6) is 0 Å². The van der Waals surface area contributed by atoms with Crippen LogP contribution in [-0.2, 0) is 14.4 Å². The van der Waals surface area contributed by atoms with Crippen LogP contribution in [0.25, 0.3) is 0 Å². The van der Waals surface area contributed by atoms with Crippen LogP contribution in [0.2, 0.25) is 18.1 Å². The zero-order valence-corrected chi connectivity index (χ0v) is 20.0. The summed E-state index contributed by atoms with van der Waals surface area (Å²) in [6, 6.07) is 8.58. The summed E-state index contributed by atoms with van der Waals surface area (Å²) < 4.78 is 0. The molecule has 164 valence electrons. The molecule has 7 heteroatoms. The van der Waals surface area contributed by atoms with Crippen molar-refractivity contribution in [3.05, 3.63) is 35.9 Å². The Morgan fingerprint density at radius 2 is 1.57 bits per heavy atom. The first kappa shape index (κ1) is 25.4. The number of primary amides is 1. The van der Waals surface area contributed by atoms with E-state index in [4.69, 9.17) is 5.73 Å². The van der Waals surface area contributed by atoms with Crippen molar-refractivity contribution < 1.29 is 14.4 Å². The first-order valence-electron chi connectivity index (χ1n) is 10.3. The van der Waals surface area contributed by atoms with Gasteiger partial charge in [0.1, 0.15) is 14.1 Å². The lowest BCUT2D eigenvalue weighted by atomic mass is 10.1. The van der Waals surface area contributed by atoms with Gasteiger partial charge < -0.3 is 16.4 Å². The third kappa shape index (κ3) is 8.42. The van der Waals surface area contributed by atoms with Crippen molar-refractivity contribution in [1.82, 2.24) is 10.6 Å². The average molecular weight is 430 g/mol. The van der Waals surface area contributed by atoms with Crippen LogP contribution in [0, 0.1) is 11.5 Å². The Kier molecular flexibility index (Phi) is 9.31. The molecule has 4 N–H and O–H groups in total. The van der Waals surface area contributed by atoms with Gasteiger partial charge in [0.15, 0.2) is 0 Å². The Balaban J connectivity index is 2.54. The number of carbonyl (C=O) groups is 3. The molecule has 0 spiro atoms. The molecular weight excluding hydrogens is 394 g/mol. The third-order valence-electron chi connectivity index (χ3n) is 5.52. The third-order valence-corrected chi connectivity index (χ3v) is 10.1. The highest BCUT2D eigenvalue weighted by Gasteiger charge is 2.33. The molecule has 1 aromatic rings.